The number of methoxy groups -OCH3 is 1. The Bertz CT molecular complexity index is 643. The Labute approximate surface area is 128 Å². The highest BCUT2D eigenvalue weighted by Gasteiger charge is 2.01. The number of ether oxygens (including phenoxy) is 1. The van der Waals surface area contributed by atoms with Crippen LogP contribution < -0.4 is 4.74 Å². The van der Waals surface area contributed by atoms with E-state index >= 15 is 0 Å². The van der Waals surface area contributed by atoms with Crippen molar-refractivity contribution >= 4 is 23.8 Å². The highest BCUT2D eigenvalue weighted by atomic mass is 32.2. The van der Waals surface area contributed by atoms with Gasteiger partial charge in [0.25, 0.3) is 0 Å². The minimum atomic E-state index is -0.897. The van der Waals surface area contributed by atoms with Crippen molar-refractivity contribution in [3.63, 3.8) is 0 Å². The first kappa shape index (κ1) is 15.2. The van der Waals surface area contributed by atoms with Gasteiger partial charge in [-0.1, -0.05) is 23.9 Å². The maximum Gasteiger partial charge on any atom is 0.331 e. The van der Waals surface area contributed by atoms with Crippen molar-refractivity contribution in [2.75, 3.05) is 7.11 Å². The summed E-state index contributed by atoms with van der Waals surface area (Å²) >= 11 is 1.65. The molecule has 0 aliphatic rings. The lowest BCUT2D eigenvalue weighted by Gasteiger charge is -2.04. The third-order valence-corrected chi connectivity index (χ3v) is 3.91. The molecule has 0 bridgehead atoms. The fourth-order valence-electron chi connectivity index (χ4n) is 1.72. The second-order valence-electron chi connectivity index (χ2n) is 4.48. The first-order chi connectivity index (χ1) is 10.1. The van der Waals surface area contributed by atoms with Crippen molar-refractivity contribution in [1.82, 2.24) is 0 Å². The summed E-state index contributed by atoms with van der Waals surface area (Å²) in [5, 5.41) is 8.85. The summed E-state index contributed by atoms with van der Waals surface area (Å²) in [4.78, 5) is 13.0. The third-order valence-electron chi connectivity index (χ3n) is 2.90. The molecule has 0 radical (unpaired) electrons. The highest BCUT2D eigenvalue weighted by molar-refractivity contribution is 7.99. The first-order valence-electron chi connectivity index (χ1n) is 6.42. The molecule has 0 aromatic heterocycles. The highest BCUT2D eigenvalue weighted by Crippen LogP contribution is 2.29. The Balaban J connectivity index is 2.08. The standard InChI is InChI=1S/C17H16O3S/c1-12(17(18)19)11-13-3-7-15(8-4-13)21-16-9-5-14(20-2)6-10-16/h3-11H,1-2H3,(H,18,19). The second-order valence-corrected chi connectivity index (χ2v) is 5.63. The van der Waals surface area contributed by atoms with Crippen LogP contribution in [0.25, 0.3) is 6.08 Å². The zero-order valence-electron chi connectivity index (χ0n) is 11.9. The number of benzene rings is 2. The lowest BCUT2D eigenvalue weighted by atomic mass is 10.1. The monoisotopic (exact) mass is 300 g/mol. The van der Waals surface area contributed by atoms with Gasteiger partial charge in [0, 0.05) is 15.4 Å². The van der Waals surface area contributed by atoms with Gasteiger partial charge in [-0.05, 0) is 55.0 Å². The average Bonchev–Trinajstić information content (AvgIpc) is 2.50. The molecular weight excluding hydrogens is 284 g/mol. The largest absolute Gasteiger partial charge is 0.497 e. The van der Waals surface area contributed by atoms with E-state index in [-0.39, 0.29) is 0 Å². The molecule has 0 fully saturated rings. The van der Waals surface area contributed by atoms with Gasteiger partial charge < -0.3 is 9.84 Å². The molecule has 0 aliphatic heterocycles. The molecule has 0 saturated carbocycles. The number of carboxylic acid groups (broad SMARTS) is 1. The molecule has 108 valence electrons. The van der Waals surface area contributed by atoms with E-state index in [0.717, 1.165) is 21.1 Å². The summed E-state index contributed by atoms with van der Waals surface area (Å²) in [6, 6.07) is 15.7. The molecule has 2 aromatic carbocycles. The van der Waals surface area contributed by atoms with Crippen molar-refractivity contribution in [3.05, 3.63) is 59.7 Å². The van der Waals surface area contributed by atoms with E-state index in [1.165, 1.54) is 0 Å². The van der Waals surface area contributed by atoms with E-state index in [2.05, 4.69) is 0 Å². The predicted molar refractivity (Wildman–Crippen MR) is 84.8 cm³/mol. The van der Waals surface area contributed by atoms with Crippen molar-refractivity contribution in [3.8, 4) is 5.75 Å². The lowest BCUT2D eigenvalue weighted by molar-refractivity contribution is -0.132. The molecule has 3 nitrogen and oxygen atoms in total. The van der Waals surface area contributed by atoms with Crippen LogP contribution in [0.15, 0.2) is 63.9 Å². The molecule has 0 saturated heterocycles. The first-order valence-corrected chi connectivity index (χ1v) is 7.23. The maximum absolute atomic E-state index is 10.8. The fourth-order valence-corrected chi connectivity index (χ4v) is 2.54. The molecule has 21 heavy (non-hydrogen) atoms. The van der Waals surface area contributed by atoms with Crippen molar-refractivity contribution in [1.29, 1.82) is 0 Å². The minimum Gasteiger partial charge on any atom is -0.497 e. The number of hydrogen-bond donors (Lipinski definition) is 1. The van der Waals surface area contributed by atoms with Crippen LogP contribution in [0.4, 0.5) is 0 Å². The Morgan fingerprint density at radius 1 is 1.05 bits per heavy atom. The molecular formula is C17H16O3S. The quantitative estimate of drug-likeness (QED) is 0.835. The normalized spacial score (nSPS) is 11.2. The van der Waals surface area contributed by atoms with Gasteiger partial charge in [0.15, 0.2) is 0 Å². The SMILES string of the molecule is COc1ccc(Sc2ccc(C=C(C)C(=O)O)cc2)cc1. The summed E-state index contributed by atoms with van der Waals surface area (Å²) in [5.41, 5.74) is 1.21. The van der Waals surface area contributed by atoms with Crippen LogP contribution >= 0.6 is 11.8 Å². The van der Waals surface area contributed by atoms with Crippen molar-refractivity contribution < 1.29 is 14.6 Å². The van der Waals surface area contributed by atoms with Gasteiger partial charge in [-0.25, -0.2) is 4.79 Å². The summed E-state index contributed by atoms with van der Waals surface area (Å²) < 4.78 is 5.13. The topological polar surface area (TPSA) is 46.5 Å². The van der Waals surface area contributed by atoms with Crippen LogP contribution in [0, 0.1) is 0 Å². The number of rotatable bonds is 5. The summed E-state index contributed by atoms with van der Waals surface area (Å²) in [6.45, 7) is 1.59. The lowest BCUT2D eigenvalue weighted by Crippen LogP contribution is -1.95. The van der Waals surface area contributed by atoms with Crippen LogP contribution in [-0.2, 0) is 4.79 Å². The van der Waals surface area contributed by atoms with E-state index in [1.54, 1.807) is 31.9 Å². The third kappa shape index (κ3) is 4.39. The summed E-state index contributed by atoms with van der Waals surface area (Å²) in [5.74, 6) is -0.0596. The van der Waals surface area contributed by atoms with E-state index in [1.807, 2.05) is 48.5 Å². The molecule has 4 heteroatoms. The van der Waals surface area contributed by atoms with Crippen LogP contribution in [0.5, 0.6) is 5.75 Å². The molecule has 0 heterocycles. The van der Waals surface area contributed by atoms with Crippen LogP contribution in [0.3, 0.4) is 0 Å². The smallest absolute Gasteiger partial charge is 0.331 e. The van der Waals surface area contributed by atoms with Crippen LogP contribution in [0.1, 0.15) is 12.5 Å². The zero-order chi connectivity index (χ0) is 15.2. The second kappa shape index (κ2) is 6.99. The molecule has 2 aromatic rings. The Morgan fingerprint density at radius 2 is 1.57 bits per heavy atom. The predicted octanol–water partition coefficient (Wildman–Crippen LogP) is 4.33. The van der Waals surface area contributed by atoms with E-state index < -0.39 is 5.97 Å². The van der Waals surface area contributed by atoms with E-state index in [9.17, 15) is 4.79 Å². The average molecular weight is 300 g/mol. The fraction of sp³-hybridized carbons (Fsp3) is 0.118. The molecule has 1 N–H and O–H groups in total. The zero-order valence-corrected chi connectivity index (χ0v) is 12.7. The molecule has 0 amide bonds. The molecule has 0 unspecified atom stereocenters. The van der Waals surface area contributed by atoms with Gasteiger partial charge in [0.05, 0.1) is 7.11 Å². The summed E-state index contributed by atoms with van der Waals surface area (Å²) in [6.07, 6.45) is 1.66. The van der Waals surface area contributed by atoms with Gasteiger partial charge in [0.1, 0.15) is 5.75 Å². The van der Waals surface area contributed by atoms with E-state index in [4.69, 9.17) is 9.84 Å². The van der Waals surface area contributed by atoms with Gasteiger partial charge >= 0.3 is 5.97 Å². The van der Waals surface area contributed by atoms with Crippen LogP contribution in [0.2, 0.25) is 0 Å². The van der Waals surface area contributed by atoms with Gasteiger partial charge in [0.2, 0.25) is 0 Å². The van der Waals surface area contributed by atoms with Crippen LogP contribution in [-0.4, -0.2) is 18.2 Å². The summed E-state index contributed by atoms with van der Waals surface area (Å²) in [7, 11) is 1.65. The Kier molecular flexibility index (Phi) is 5.06. The molecule has 2 rings (SSSR count). The van der Waals surface area contributed by atoms with Crippen molar-refractivity contribution in [2.24, 2.45) is 0 Å². The van der Waals surface area contributed by atoms with E-state index in [0.29, 0.717) is 5.57 Å². The van der Waals surface area contributed by atoms with Gasteiger partial charge in [-0.15, -0.1) is 0 Å². The maximum atomic E-state index is 10.8. The Morgan fingerprint density at radius 3 is 2.05 bits per heavy atom. The molecule has 0 spiro atoms. The van der Waals surface area contributed by atoms with Crippen molar-refractivity contribution in [2.45, 2.75) is 16.7 Å². The number of carbonyl (C=O) groups is 1. The number of hydrogen-bond acceptors (Lipinski definition) is 3. The van der Waals surface area contributed by atoms with Gasteiger partial charge in [-0.2, -0.15) is 0 Å². The number of aliphatic carboxylic acids is 1. The van der Waals surface area contributed by atoms with Gasteiger partial charge in [-0.3, -0.25) is 0 Å². The minimum absolute atomic E-state index is 0.325. The molecule has 0 atom stereocenters. The number of carboxylic acids is 1. The Hall–Kier alpha value is -2.20. The molecule has 0 aliphatic carbocycles.